The van der Waals surface area contributed by atoms with Gasteiger partial charge in [-0.05, 0) is 31.7 Å². The Morgan fingerprint density at radius 3 is 2.24 bits per heavy atom. The van der Waals surface area contributed by atoms with Crippen LogP contribution >= 0.6 is 12.4 Å². The zero-order chi connectivity index (χ0) is 17.8. The Kier molecular flexibility index (Phi) is 8.15. The quantitative estimate of drug-likeness (QED) is 0.703. The van der Waals surface area contributed by atoms with E-state index in [4.69, 9.17) is 5.73 Å². The van der Waals surface area contributed by atoms with Gasteiger partial charge in [0.15, 0.2) is 9.84 Å². The molecule has 1 aliphatic carbocycles. The van der Waals surface area contributed by atoms with Crippen molar-refractivity contribution in [2.24, 2.45) is 11.1 Å². The number of amides is 2. The van der Waals surface area contributed by atoms with Crippen molar-refractivity contribution in [3.05, 3.63) is 0 Å². The minimum atomic E-state index is -3.02. The molecule has 1 atom stereocenters. The fourth-order valence-electron chi connectivity index (χ4n) is 3.66. The SMILES string of the molecule is CC(NC(=O)CC1(CN)CCCCC1)C(=O)N1CCS(=O)(=O)CC1.Cl. The van der Waals surface area contributed by atoms with E-state index in [0.29, 0.717) is 13.0 Å². The first-order valence-electron chi connectivity index (χ1n) is 8.76. The van der Waals surface area contributed by atoms with Crippen LogP contribution in [0.1, 0.15) is 45.4 Å². The number of rotatable bonds is 5. The molecular formula is C16H30ClN3O4S. The van der Waals surface area contributed by atoms with Gasteiger partial charge in [-0.2, -0.15) is 0 Å². The summed E-state index contributed by atoms with van der Waals surface area (Å²) < 4.78 is 22.9. The van der Waals surface area contributed by atoms with Crippen molar-refractivity contribution < 1.29 is 18.0 Å². The number of carbonyl (C=O) groups is 2. The number of halogens is 1. The average Bonchev–Trinajstić information content (AvgIpc) is 2.55. The Bertz CT molecular complexity index is 562. The molecule has 0 bridgehead atoms. The van der Waals surface area contributed by atoms with Crippen LogP contribution in [-0.2, 0) is 19.4 Å². The topological polar surface area (TPSA) is 110 Å². The summed E-state index contributed by atoms with van der Waals surface area (Å²) in [6, 6.07) is -0.642. The molecule has 1 heterocycles. The summed E-state index contributed by atoms with van der Waals surface area (Å²) in [7, 11) is -3.02. The van der Waals surface area contributed by atoms with Crippen molar-refractivity contribution in [1.82, 2.24) is 10.2 Å². The maximum absolute atomic E-state index is 12.4. The van der Waals surface area contributed by atoms with Gasteiger partial charge < -0.3 is 16.0 Å². The number of nitrogens with one attached hydrogen (secondary N) is 1. The predicted octanol–water partition coefficient (Wildman–Crippen LogP) is 0.469. The normalized spacial score (nSPS) is 23.2. The number of carbonyl (C=O) groups excluding carboxylic acids is 2. The largest absolute Gasteiger partial charge is 0.345 e. The van der Waals surface area contributed by atoms with Gasteiger partial charge in [-0.25, -0.2) is 8.42 Å². The summed E-state index contributed by atoms with van der Waals surface area (Å²) in [6.07, 6.45) is 5.67. The first kappa shape index (κ1) is 22.2. The van der Waals surface area contributed by atoms with Crippen LogP contribution in [-0.4, -0.2) is 62.3 Å². The van der Waals surface area contributed by atoms with Gasteiger partial charge in [-0.3, -0.25) is 9.59 Å². The summed E-state index contributed by atoms with van der Waals surface area (Å²) in [6.45, 7) is 2.55. The van der Waals surface area contributed by atoms with Crippen LogP contribution in [0.15, 0.2) is 0 Å². The van der Waals surface area contributed by atoms with E-state index in [2.05, 4.69) is 5.32 Å². The summed E-state index contributed by atoms with van der Waals surface area (Å²) in [5.74, 6) is -0.373. The second-order valence-electron chi connectivity index (χ2n) is 7.21. The molecule has 7 nitrogen and oxygen atoms in total. The standard InChI is InChI=1S/C16H29N3O4S.ClH/c1-13(15(21)19-7-9-24(22,23)10-8-19)18-14(20)11-16(12-17)5-3-2-4-6-16;/h13H,2-12,17H2,1H3,(H,18,20);1H. The molecule has 0 radical (unpaired) electrons. The first-order chi connectivity index (χ1) is 11.3. The monoisotopic (exact) mass is 395 g/mol. The lowest BCUT2D eigenvalue weighted by molar-refractivity contribution is -0.136. The van der Waals surface area contributed by atoms with Gasteiger partial charge in [0.1, 0.15) is 6.04 Å². The Balaban J connectivity index is 0.00000312. The van der Waals surface area contributed by atoms with Crippen LogP contribution in [0, 0.1) is 5.41 Å². The smallest absolute Gasteiger partial charge is 0.244 e. The van der Waals surface area contributed by atoms with E-state index in [-0.39, 0.29) is 54.2 Å². The highest BCUT2D eigenvalue weighted by atomic mass is 35.5. The van der Waals surface area contributed by atoms with E-state index in [1.54, 1.807) is 6.92 Å². The van der Waals surface area contributed by atoms with E-state index in [0.717, 1.165) is 25.7 Å². The highest BCUT2D eigenvalue weighted by Crippen LogP contribution is 2.38. The van der Waals surface area contributed by atoms with Crippen LogP contribution in [0.5, 0.6) is 0 Å². The molecule has 2 rings (SSSR count). The summed E-state index contributed by atoms with van der Waals surface area (Å²) in [4.78, 5) is 26.2. The molecule has 1 unspecified atom stereocenters. The minimum Gasteiger partial charge on any atom is -0.345 e. The third-order valence-electron chi connectivity index (χ3n) is 5.29. The highest BCUT2D eigenvalue weighted by Gasteiger charge is 2.34. The number of sulfone groups is 1. The van der Waals surface area contributed by atoms with Gasteiger partial charge in [0.25, 0.3) is 0 Å². The van der Waals surface area contributed by atoms with Crippen molar-refractivity contribution in [3.63, 3.8) is 0 Å². The lowest BCUT2D eigenvalue weighted by atomic mass is 9.71. The molecule has 3 N–H and O–H groups in total. The van der Waals surface area contributed by atoms with Crippen LogP contribution in [0.3, 0.4) is 0 Å². The third kappa shape index (κ3) is 6.11. The zero-order valence-electron chi connectivity index (χ0n) is 14.8. The van der Waals surface area contributed by atoms with Gasteiger partial charge in [-0.15, -0.1) is 12.4 Å². The number of nitrogens with zero attached hydrogens (tertiary/aromatic N) is 1. The molecule has 2 amide bonds. The van der Waals surface area contributed by atoms with Crippen LogP contribution in [0.4, 0.5) is 0 Å². The highest BCUT2D eigenvalue weighted by molar-refractivity contribution is 7.91. The minimum absolute atomic E-state index is 0. The second kappa shape index (κ2) is 9.19. The van der Waals surface area contributed by atoms with E-state index in [1.807, 2.05) is 0 Å². The molecule has 2 aliphatic rings. The summed E-state index contributed by atoms with van der Waals surface area (Å²) in [5.41, 5.74) is 5.77. The zero-order valence-corrected chi connectivity index (χ0v) is 16.5. The molecule has 9 heteroatoms. The molecule has 0 aromatic heterocycles. The molecule has 1 saturated carbocycles. The molecule has 25 heavy (non-hydrogen) atoms. The van der Waals surface area contributed by atoms with Crippen molar-refractivity contribution >= 4 is 34.1 Å². The summed E-state index contributed by atoms with van der Waals surface area (Å²) in [5, 5.41) is 2.77. The molecule has 0 aromatic carbocycles. The first-order valence-corrected chi connectivity index (χ1v) is 10.6. The van der Waals surface area contributed by atoms with E-state index < -0.39 is 15.9 Å². The van der Waals surface area contributed by atoms with Crippen LogP contribution in [0.2, 0.25) is 0 Å². The van der Waals surface area contributed by atoms with Crippen molar-refractivity contribution in [1.29, 1.82) is 0 Å². The number of hydrogen-bond acceptors (Lipinski definition) is 5. The van der Waals surface area contributed by atoms with E-state index in [9.17, 15) is 18.0 Å². The third-order valence-corrected chi connectivity index (χ3v) is 6.90. The van der Waals surface area contributed by atoms with Crippen molar-refractivity contribution in [2.45, 2.75) is 51.5 Å². The lowest BCUT2D eigenvalue weighted by Gasteiger charge is -2.36. The molecule has 0 aromatic rings. The number of nitrogens with two attached hydrogens (primary N) is 1. The maximum Gasteiger partial charge on any atom is 0.244 e. The molecule has 2 fully saturated rings. The van der Waals surface area contributed by atoms with Gasteiger partial charge >= 0.3 is 0 Å². The van der Waals surface area contributed by atoms with Crippen molar-refractivity contribution in [3.8, 4) is 0 Å². The maximum atomic E-state index is 12.4. The number of hydrogen-bond donors (Lipinski definition) is 2. The van der Waals surface area contributed by atoms with E-state index >= 15 is 0 Å². The van der Waals surface area contributed by atoms with E-state index in [1.165, 1.54) is 11.3 Å². The van der Waals surface area contributed by atoms with Gasteiger partial charge in [-0.1, -0.05) is 19.3 Å². The van der Waals surface area contributed by atoms with Crippen LogP contribution < -0.4 is 11.1 Å². The fraction of sp³-hybridized carbons (Fsp3) is 0.875. The van der Waals surface area contributed by atoms with Gasteiger partial charge in [0.05, 0.1) is 11.5 Å². The average molecular weight is 396 g/mol. The Hall–Kier alpha value is -0.860. The molecule has 0 spiro atoms. The Morgan fingerprint density at radius 2 is 1.72 bits per heavy atom. The lowest BCUT2D eigenvalue weighted by Crippen LogP contribution is -2.52. The van der Waals surface area contributed by atoms with Gasteiger partial charge in [0.2, 0.25) is 11.8 Å². The molecular weight excluding hydrogens is 366 g/mol. The molecule has 146 valence electrons. The molecule has 1 saturated heterocycles. The predicted molar refractivity (Wildman–Crippen MR) is 99.3 cm³/mol. The molecule has 1 aliphatic heterocycles. The van der Waals surface area contributed by atoms with Gasteiger partial charge in [0, 0.05) is 19.5 Å². The second-order valence-corrected chi connectivity index (χ2v) is 9.51. The Labute approximate surface area is 156 Å². The van der Waals surface area contributed by atoms with Crippen LogP contribution in [0.25, 0.3) is 0 Å². The fourth-order valence-corrected chi connectivity index (χ4v) is 4.86. The summed E-state index contributed by atoms with van der Waals surface area (Å²) >= 11 is 0. The Morgan fingerprint density at radius 1 is 1.16 bits per heavy atom. The van der Waals surface area contributed by atoms with Crippen molar-refractivity contribution in [2.75, 3.05) is 31.1 Å².